The minimum atomic E-state index is -4.44. The Balaban J connectivity index is 0. The molecule has 0 saturated heterocycles. The molecule has 8 heteroatoms. The van der Waals surface area contributed by atoms with E-state index in [4.69, 9.17) is 4.84 Å². The number of carbonyl (C=O) groups excluding carboxylic acids is 1. The van der Waals surface area contributed by atoms with Crippen molar-refractivity contribution in [2.24, 2.45) is 0 Å². The van der Waals surface area contributed by atoms with Crippen molar-refractivity contribution in [2.45, 2.75) is 20.3 Å². The smallest absolute Gasteiger partial charge is 0.389 e. The molecule has 0 radical (unpaired) electrons. The van der Waals surface area contributed by atoms with E-state index in [0.29, 0.717) is 6.42 Å². The van der Waals surface area contributed by atoms with E-state index >= 15 is 0 Å². The number of hydrogen-bond donors (Lipinski definition) is 0. The van der Waals surface area contributed by atoms with Crippen LogP contribution in [0.25, 0.3) is 0 Å². The summed E-state index contributed by atoms with van der Waals surface area (Å²) < 4.78 is 32.9. The summed E-state index contributed by atoms with van der Waals surface area (Å²) in [6, 6.07) is 0. The Morgan fingerprint density at radius 2 is 1.89 bits per heavy atom. The van der Waals surface area contributed by atoms with Crippen LogP contribution >= 0.6 is 0 Å². The van der Waals surface area contributed by atoms with E-state index in [9.17, 15) is 17.8 Å². The average molecular weight is 283 g/mol. The largest absolute Gasteiger partial charge is 0.726 e. The van der Waals surface area contributed by atoms with E-state index in [0.717, 1.165) is 12.6 Å². The van der Waals surface area contributed by atoms with Gasteiger partial charge in [0.05, 0.1) is 6.61 Å². The highest BCUT2D eigenvalue weighted by Gasteiger charge is 2.16. The summed E-state index contributed by atoms with van der Waals surface area (Å²) in [5.74, 6) is -0.383. The van der Waals surface area contributed by atoms with Gasteiger partial charge in [-0.1, -0.05) is 13.5 Å². The first kappa shape index (κ1) is 19.4. The maximum atomic E-state index is 10.6. The quantitative estimate of drug-likeness (QED) is 0.233. The summed E-state index contributed by atoms with van der Waals surface area (Å²) in [6.07, 6.45) is 1.69. The fraction of sp³-hybridized carbons (Fsp3) is 0.700. The second kappa shape index (κ2) is 9.03. The lowest BCUT2D eigenvalue weighted by Crippen LogP contribution is -2.40. The molecule has 0 amide bonds. The van der Waals surface area contributed by atoms with Gasteiger partial charge in [-0.15, -0.1) is 4.65 Å². The van der Waals surface area contributed by atoms with E-state index < -0.39 is 10.4 Å². The number of hydrogen-bond acceptors (Lipinski definition) is 6. The zero-order valence-corrected chi connectivity index (χ0v) is 12.0. The average Bonchev–Trinajstić information content (AvgIpc) is 2.25. The van der Waals surface area contributed by atoms with Crippen molar-refractivity contribution in [1.29, 1.82) is 0 Å². The molecule has 0 spiro atoms. The van der Waals surface area contributed by atoms with Crippen molar-refractivity contribution in [3.05, 3.63) is 12.7 Å². The van der Waals surface area contributed by atoms with Gasteiger partial charge in [0.25, 0.3) is 0 Å². The summed E-state index contributed by atoms with van der Waals surface area (Å²) in [4.78, 5) is 15.5. The first-order valence-electron chi connectivity index (χ1n) is 5.37. The van der Waals surface area contributed by atoms with Crippen LogP contribution in [0.3, 0.4) is 0 Å². The molecule has 18 heavy (non-hydrogen) atoms. The molecule has 0 N–H and O–H groups in total. The standard InChI is InChI=1S/C7H14NO2.C3H8O4S/c1-5-7(9)10-8(3,4)6-2;1-2-3-7-8(4,5)6/h5H,1,6H2,2-4H3;2-3H2,1H3,(H,4,5,6)/q+1;/p-1. The molecule has 0 aromatic rings. The highest BCUT2D eigenvalue weighted by molar-refractivity contribution is 7.80. The zero-order chi connectivity index (χ0) is 14.8. The van der Waals surface area contributed by atoms with Crippen molar-refractivity contribution >= 4 is 16.4 Å². The number of carbonyl (C=O) groups is 1. The van der Waals surface area contributed by atoms with Crippen LogP contribution in [0.5, 0.6) is 0 Å². The van der Waals surface area contributed by atoms with Crippen LogP contribution in [0.1, 0.15) is 20.3 Å². The molecule has 0 aromatic carbocycles. The Hall–Kier alpha value is -0.960. The third-order valence-corrected chi connectivity index (χ3v) is 2.15. The lowest BCUT2D eigenvalue weighted by molar-refractivity contribution is -1.06. The lowest BCUT2D eigenvalue weighted by atomic mass is 10.5. The minimum Gasteiger partial charge on any atom is -0.726 e. The molecule has 0 aliphatic heterocycles. The van der Waals surface area contributed by atoms with Crippen LogP contribution in [0.15, 0.2) is 12.7 Å². The van der Waals surface area contributed by atoms with Gasteiger partial charge in [-0.3, -0.25) is 9.02 Å². The molecule has 108 valence electrons. The second-order valence-electron chi connectivity index (χ2n) is 3.73. The van der Waals surface area contributed by atoms with Gasteiger partial charge in [-0.25, -0.2) is 13.2 Å². The Morgan fingerprint density at radius 1 is 1.39 bits per heavy atom. The Bertz CT molecular complexity index is 349. The Labute approximate surface area is 108 Å². The SMILES string of the molecule is C=CC(=O)O[N+](C)(C)CC.CCCOS(=O)(=O)[O-]. The van der Waals surface area contributed by atoms with Crippen LogP contribution in [0, 0.1) is 0 Å². The first-order chi connectivity index (χ1) is 8.08. The predicted octanol–water partition coefficient (Wildman–Crippen LogP) is 0.600. The molecule has 0 rings (SSSR count). The molecule has 0 fully saturated rings. The van der Waals surface area contributed by atoms with Crippen LogP contribution in [-0.4, -0.2) is 50.8 Å². The maximum Gasteiger partial charge on any atom is 0.389 e. The monoisotopic (exact) mass is 283 g/mol. The van der Waals surface area contributed by atoms with Gasteiger partial charge in [0.1, 0.15) is 20.6 Å². The van der Waals surface area contributed by atoms with Crippen LogP contribution < -0.4 is 0 Å². The summed E-state index contributed by atoms with van der Waals surface area (Å²) in [5.41, 5.74) is 0. The van der Waals surface area contributed by atoms with E-state index in [1.165, 1.54) is 0 Å². The Kier molecular flexibility index (Phi) is 9.73. The lowest BCUT2D eigenvalue weighted by Gasteiger charge is -2.23. The van der Waals surface area contributed by atoms with E-state index in [-0.39, 0.29) is 17.2 Å². The number of hydroxylamine groups is 3. The third kappa shape index (κ3) is 15.0. The summed E-state index contributed by atoms with van der Waals surface area (Å²) in [5, 5.41) is 0. The highest BCUT2D eigenvalue weighted by Crippen LogP contribution is 1.97. The molecular weight excluding hydrogens is 262 g/mol. The molecule has 0 aromatic heterocycles. The van der Waals surface area contributed by atoms with Gasteiger partial charge in [-0.05, 0) is 13.3 Å². The van der Waals surface area contributed by atoms with E-state index in [2.05, 4.69) is 10.8 Å². The van der Waals surface area contributed by atoms with Gasteiger partial charge in [0, 0.05) is 6.08 Å². The van der Waals surface area contributed by atoms with Crippen molar-refractivity contribution in [2.75, 3.05) is 27.2 Å². The fourth-order valence-electron chi connectivity index (χ4n) is 0.531. The summed E-state index contributed by atoms with van der Waals surface area (Å²) in [6.45, 7) is 7.68. The van der Waals surface area contributed by atoms with Gasteiger partial charge in [-0.2, -0.15) is 0 Å². The maximum absolute atomic E-state index is 10.6. The molecule has 0 saturated carbocycles. The van der Waals surface area contributed by atoms with Crippen molar-refractivity contribution < 1.29 is 31.4 Å². The molecule has 0 aliphatic carbocycles. The van der Waals surface area contributed by atoms with E-state index in [1.807, 2.05) is 6.92 Å². The third-order valence-electron chi connectivity index (χ3n) is 1.70. The molecule has 0 bridgehead atoms. The topological polar surface area (TPSA) is 92.7 Å². The predicted molar refractivity (Wildman–Crippen MR) is 64.9 cm³/mol. The van der Waals surface area contributed by atoms with Gasteiger partial charge in [0.2, 0.25) is 10.4 Å². The molecular formula is C10H21NO6S. The molecule has 0 unspecified atom stereocenters. The highest BCUT2D eigenvalue weighted by atomic mass is 32.3. The molecule has 7 nitrogen and oxygen atoms in total. The van der Waals surface area contributed by atoms with Crippen molar-refractivity contribution in [1.82, 2.24) is 0 Å². The molecule has 0 atom stereocenters. The summed E-state index contributed by atoms with van der Waals surface area (Å²) in [7, 11) is -0.822. The number of nitrogens with zero attached hydrogens (tertiary/aromatic N) is 1. The fourth-order valence-corrected chi connectivity index (χ4v) is 0.902. The number of quaternary nitrogens is 1. The summed E-state index contributed by atoms with van der Waals surface area (Å²) >= 11 is 0. The van der Waals surface area contributed by atoms with Crippen molar-refractivity contribution in [3.63, 3.8) is 0 Å². The second-order valence-corrected chi connectivity index (χ2v) is 4.79. The first-order valence-corrected chi connectivity index (χ1v) is 6.70. The van der Waals surface area contributed by atoms with E-state index in [1.54, 1.807) is 21.0 Å². The van der Waals surface area contributed by atoms with Crippen LogP contribution in [0.2, 0.25) is 0 Å². The minimum absolute atomic E-state index is 0.0220. The Morgan fingerprint density at radius 3 is 2.11 bits per heavy atom. The zero-order valence-electron chi connectivity index (χ0n) is 11.2. The molecule has 0 heterocycles. The molecule has 0 aliphatic rings. The normalized spacial score (nSPS) is 11.2. The van der Waals surface area contributed by atoms with Crippen LogP contribution in [0.4, 0.5) is 0 Å². The van der Waals surface area contributed by atoms with Gasteiger partial charge in [0.15, 0.2) is 0 Å². The van der Waals surface area contributed by atoms with Crippen molar-refractivity contribution in [3.8, 4) is 0 Å². The van der Waals surface area contributed by atoms with Gasteiger partial charge < -0.3 is 4.55 Å². The van der Waals surface area contributed by atoms with Gasteiger partial charge >= 0.3 is 5.97 Å². The van der Waals surface area contributed by atoms with Crippen LogP contribution in [-0.2, 0) is 24.2 Å². The number of rotatable bonds is 6.